The van der Waals surface area contributed by atoms with Gasteiger partial charge >= 0.3 is 0 Å². The summed E-state index contributed by atoms with van der Waals surface area (Å²) in [5, 5.41) is 11.3. The summed E-state index contributed by atoms with van der Waals surface area (Å²) >= 11 is 7.25. The van der Waals surface area contributed by atoms with E-state index < -0.39 is 17.3 Å². The highest BCUT2D eigenvalue weighted by molar-refractivity contribution is 7.98. The fourth-order valence-corrected chi connectivity index (χ4v) is 2.75. The molecule has 0 aliphatic rings. The summed E-state index contributed by atoms with van der Waals surface area (Å²) in [6.07, 6.45) is 1.82. The second-order valence-corrected chi connectivity index (χ2v) is 6.38. The second kappa shape index (κ2) is 9.04. The van der Waals surface area contributed by atoms with Crippen LogP contribution in [-0.4, -0.2) is 35.1 Å². The average molecular weight is 402 g/mol. The number of aromatic nitrogens is 1. The largest absolute Gasteiger partial charge is 0.394 e. The Morgan fingerprint density at radius 1 is 1.42 bits per heavy atom. The van der Waals surface area contributed by atoms with Gasteiger partial charge in [0.05, 0.1) is 24.5 Å². The number of benzene rings is 1. The second-order valence-electron chi connectivity index (χ2n) is 5.09. The molecule has 0 fully saturated rings. The molecule has 10 heteroatoms. The number of thioether (sulfide) groups is 1. The predicted molar refractivity (Wildman–Crippen MR) is 98.7 cm³/mol. The minimum absolute atomic E-state index is 0.0246. The van der Waals surface area contributed by atoms with E-state index in [1.807, 2.05) is 6.26 Å². The van der Waals surface area contributed by atoms with Gasteiger partial charge in [-0.3, -0.25) is 19.0 Å². The Kier molecular flexibility index (Phi) is 7.04. The molecule has 1 aromatic carbocycles. The molecule has 2 rings (SSSR count). The first kappa shape index (κ1) is 20.2. The summed E-state index contributed by atoms with van der Waals surface area (Å²) in [6.45, 7) is -0.398. The highest BCUT2D eigenvalue weighted by Crippen LogP contribution is 2.26. The standard InChI is InChI=1S/C16H17ClFN3O4S/c1-21-14(19-13-4-3-9(26-2)7-12(13)18)10(8-11(17)16(21)24)15(23)20-25-6-5-22/h3-4,7-8,19,22H,5-6H2,1-2H3,(H,20,23). The third-order valence-electron chi connectivity index (χ3n) is 3.40. The van der Waals surface area contributed by atoms with Crippen molar-refractivity contribution >= 4 is 40.8 Å². The van der Waals surface area contributed by atoms with Gasteiger partial charge in [-0.25, -0.2) is 9.87 Å². The van der Waals surface area contributed by atoms with Crippen molar-refractivity contribution in [3.63, 3.8) is 0 Å². The van der Waals surface area contributed by atoms with Crippen LogP contribution in [0.1, 0.15) is 10.4 Å². The van der Waals surface area contributed by atoms with Crippen molar-refractivity contribution in [3.05, 3.63) is 51.0 Å². The lowest BCUT2D eigenvalue weighted by atomic mass is 10.2. The quantitative estimate of drug-likeness (QED) is 0.374. The van der Waals surface area contributed by atoms with Crippen LogP contribution in [0.25, 0.3) is 0 Å². The van der Waals surface area contributed by atoms with Gasteiger partial charge in [-0.05, 0) is 30.5 Å². The molecule has 7 nitrogen and oxygen atoms in total. The zero-order valence-electron chi connectivity index (χ0n) is 14.0. The number of amides is 1. The number of anilines is 2. The Morgan fingerprint density at radius 3 is 2.77 bits per heavy atom. The van der Waals surface area contributed by atoms with Crippen molar-refractivity contribution in [2.45, 2.75) is 4.90 Å². The van der Waals surface area contributed by atoms with Crippen LogP contribution in [0.3, 0.4) is 0 Å². The molecular weight excluding hydrogens is 385 g/mol. The first-order chi connectivity index (χ1) is 12.4. The molecule has 0 saturated heterocycles. The van der Waals surface area contributed by atoms with Crippen LogP contribution in [-0.2, 0) is 11.9 Å². The number of hydroxylamine groups is 1. The smallest absolute Gasteiger partial charge is 0.278 e. The Labute approximate surface area is 158 Å². The SMILES string of the molecule is CSc1ccc(Nc2c(C(=O)NOCCO)cc(Cl)c(=O)n2C)c(F)c1. The zero-order chi connectivity index (χ0) is 19.3. The summed E-state index contributed by atoms with van der Waals surface area (Å²) in [6, 6.07) is 5.71. The number of hydrogen-bond acceptors (Lipinski definition) is 6. The van der Waals surface area contributed by atoms with E-state index >= 15 is 0 Å². The highest BCUT2D eigenvalue weighted by Gasteiger charge is 2.19. The number of carbonyl (C=O) groups is 1. The Hall–Kier alpha value is -2.07. The lowest BCUT2D eigenvalue weighted by molar-refractivity contribution is 0.0168. The van der Waals surface area contributed by atoms with E-state index in [1.54, 1.807) is 6.07 Å². The van der Waals surface area contributed by atoms with Crippen LogP contribution in [0.5, 0.6) is 0 Å². The third kappa shape index (κ3) is 4.55. The van der Waals surface area contributed by atoms with Gasteiger partial charge in [-0.15, -0.1) is 11.8 Å². The number of halogens is 2. The van der Waals surface area contributed by atoms with E-state index in [9.17, 15) is 14.0 Å². The highest BCUT2D eigenvalue weighted by atomic mass is 35.5. The van der Waals surface area contributed by atoms with Crippen molar-refractivity contribution in [3.8, 4) is 0 Å². The molecule has 0 aliphatic heterocycles. The van der Waals surface area contributed by atoms with Crippen LogP contribution in [0.4, 0.5) is 15.9 Å². The van der Waals surface area contributed by atoms with E-state index in [2.05, 4.69) is 10.8 Å². The number of nitrogens with zero attached hydrogens (tertiary/aromatic N) is 1. The number of pyridine rings is 1. The number of aliphatic hydroxyl groups excluding tert-OH is 1. The van der Waals surface area contributed by atoms with E-state index in [0.29, 0.717) is 0 Å². The Balaban J connectivity index is 2.44. The van der Waals surface area contributed by atoms with Gasteiger partial charge in [0.25, 0.3) is 11.5 Å². The lowest BCUT2D eigenvalue weighted by Gasteiger charge is -2.17. The number of rotatable bonds is 7. The molecule has 140 valence electrons. The fourth-order valence-electron chi connectivity index (χ4n) is 2.09. The molecule has 0 unspecified atom stereocenters. The topological polar surface area (TPSA) is 92.6 Å². The molecule has 1 heterocycles. The van der Waals surface area contributed by atoms with Gasteiger partial charge in [0.2, 0.25) is 0 Å². The number of carbonyl (C=O) groups excluding carboxylic acids is 1. The lowest BCUT2D eigenvalue weighted by Crippen LogP contribution is -2.29. The number of hydrogen-bond donors (Lipinski definition) is 3. The normalized spacial score (nSPS) is 10.7. The summed E-state index contributed by atoms with van der Waals surface area (Å²) in [5.74, 6) is -1.21. The molecule has 0 aliphatic carbocycles. The fraction of sp³-hybridized carbons (Fsp3) is 0.250. The summed E-state index contributed by atoms with van der Waals surface area (Å²) in [4.78, 5) is 29.9. The van der Waals surface area contributed by atoms with E-state index in [4.69, 9.17) is 21.5 Å². The van der Waals surface area contributed by atoms with Crippen molar-refractivity contribution in [1.29, 1.82) is 0 Å². The van der Waals surface area contributed by atoms with Gasteiger partial charge in [-0.2, -0.15) is 0 Å². The number of aliphatic hydroxyl groups is 1. The summed E-state index contributed by atoms with van der Waals surface area (Å²) in [7, 11) is 1.40. The van der Waals surface area contributed by atoms with E-state index in [-0.39, 0.29) is 35.3 Å². The zero-order valence-corrected chi connectivity index (χ0v) is 15.6. The molecule has 3 N–H and O–H groups in total. The molecule has 1 aromatic heterocycles. The van der Waals surface area contributed by atoms with Crippen LogP contribution in [0.15, 0.2) is 34.0 Å². The van der Waals surface area contributed by atoms with Gasteiger partial charge < -0.3 is 10.4 Å². The molecule has 26 heavy (non-hydrogen) atoms. The molecular formula is C16H17ClFN3O4S. The first-order valence-corrected chi connectivity index (χ1v) is 9.02. The molecule has 0 bridgehead atoms. The van der Waals surface area contributed by atoms with Crippen molar-refractivity contribution < 1.29 is 19.1 Å². The van der Waals surface area contributed by atoms with Crippen molar-refractivity contribution in [1.82, 2.24) is 10.0 Å². The summed E-state index contributed by atoms with van der Waals surface area (Å²) in [5.41, 5.74) is 1.63. The van der Waals surface area contributed by atoms with E-state index in [0.717, 1.165) is 15.5 Å². The van der Waals surface area contributed by atoms with E-state index in [1.165, 1.54) is 30.9 Å². The van der Waals surface area contributed by atoms with Gasteiger partial charge in [0.15, 0.2) is 0 Å². The van der Waals surface area contributed by atoms with Crippen molar-refractivity contribution in [2.75, 3.05) is 24.8 Å². The third-order valence-corrected chi connectivity index (χ3v) is 4.40. The monoisotopic (exact) mass is 401 g/mol. The van der Waals surface area contributed by atoms with Gasteiger partial charge in [-0.1, -0.05) is 11.6 Å². The predicted octanol–water partition coefficient (Wildman–Crippen LogP) is 2.30. The molecule has 0 atom stereocenters. The van der Waals surface area contributed by atoms with Crippen molar-refractivity contribution in [2.24, 2.45) is 7.05 Å². The van der Waals surface area contributed by atoms with Crippen LogP contribution >= 0.6 is 23.4 Å². The maximum Gasteiger partial charge on any atom is 0.278 e. The van der Waals surface area contributed by atoms with Crippen LogP contribution < -0.4 is 16.4 Å². The Bertz CT molecular complexity index is 875. The minimum Gasteiger partial charge on any atom is -0.394 e. The van der Waals surface area contributed by atoms with Gasteiger partial charge in [0, 0.05) is 11.9 Å². The molecule has 0 spiro atoms. The van der Waals surface area contributed by atoms with Gasteiger partial charge in [0.1, 0.15) is 16.7 Å². The maximum absolute atomic E-state index is 14.3. The number of nitrogens with one attached hydrogen (secondary N) is 2. The molecule has 0 radical (unpaired) electrons. The molecule has 2 aromatic rings. The molecule has 0 saturated carbocycles. The first-order valence-electron chi connectivity index (χ1n) is 7.42. The molecule has 1 amide bonds. The van der Waals surface area contributed by atoms with Crippen LogP contribution in [0, 0.1) is 5.82 Å². The average Bonchev–Trinajstić information content (AvgIpc) is 2.63. The Morgan fingerprint density at radius 2 is 2.15 bits per heavy atom. The minimum atomic E-state index is -0.709. The maximum atomic E-state index is 14.3. The summed E-state index contributed by atoms with van der Waals surface area (Å²) < 4.78 is 15.4. The van der Waals surface area contributed by atoms with Crippen LogP contribution in [0.2, 0.25) is 5.02 Å².